The Morgan fingerprint density at radius 2 is 2.16 bits per heavy atom. The average molecular weight is 266 g/mol. The fourth-order valence-electron chi connectivity index (χ4n) is 1.80. The van der Waals surface area contributed by atoms with Crippen LogP contribution < -0.4 is 11.1 Å². The minimum Gasteiger partial charge on any atom is -0.394 e. The molecule has 0 radical (unpaired) electrons. The van der Waals surface area contributed by atoms with Gasteiger partial charge in [-0.15, -0.1) is 0 Å². The minimum absolute atomic E-state index is 0.0692. The van der Waals surface area contributed by atoms with Gasteiger partial charge in [-0.25, -0.2) is 9.97 Å². The van der Waals surface area contributed by atoms with E-state index in [1.54, 1.807) is 0 Å². The molecule has 0 spiro atoms. The summed E-state index contributed by atoms with van der Waals surface area (Å²) >= 11 is 0. The molecule has 0 amide bonds. The largest absolute Gasteiger partial charge is 0.394 e. The highest BCUT2D eigenvalue weighted by atomic mass is 16.5. The SMILES string of the molecule is Cc1c(N)nc(C2CC2)nc1NCCCOCCO. The molecule has 1 saturated carbocycles. The lowest BCUT2D eigenvalue weighted by atomic mass is 10.2. The van der Waals surface area contributed by atoms with Crippen molar-refractivity contribution in [2.24, 2.45) is 0 Å². The van der Waals surface area contributed by atoms with E-state index in [0.29, 0.717) is 24.9 Å². The van der Waals surface area contributed by atoms with Crippen molar-refractivity contribution in [1.29, 1.82) is 0 Å². The smallest absolute Gasteiger partial charge is 0.136 e. The van der Waals surface area contributed by atoms with Crippen LogP contribution in [0.15, 0.2) is 0 Å². The summed E-state index contributed by atoms with van der Waals surface area (Å²) < 4.78 is 5.20. The van der Waals surface area contributed by atoms with Crippen LogP contribution in [0.2, 0.25) is 0 Å². The second-order valence-electron chi connectivity index (χ2n) is 4.83. The Labute approximate surface area is 113 Å². The van der Waals surface area contributed by atoms with Crippen molar-refractivity contribution >= 4 is 11.6 Å². The molecule has 1 heterocycles. The van der Waals surface area contributed by atoms with E-state index in [1.165, 1.54) is 0 Å². The van der Waals surface area contributed by atoms with Crippen LogP contribution in [-0.4, -0.2) is 41.4 Å². The molecule has 1 aliphatic carbocycles. The Morgan fingerprint density at radius 3 is 2.84 bits per heavy atom. The molecule has 6 nitrogen and oxygen atoms in total. The van der Waals surface area contributed by atoms with Crippen LogP contribution in [0.1, 0.15) is 36.6 Å². The molecule has 0 aromatic carbocycles. The van der Waals surface area contributed by atoms with Crippen LogP contribution in [0.25, 0.3) is 0 Å². The topological polar surface area (TPSA) is 93.3 Å². The molecule has 106 valence electrons. The number of nitrogen functional groups attached to an aromatic ring is 1. The Morgan fingerprint density at radius 1 is 1.37 bits per heavy atom. The fraction of sp³-hybridized carbons (Fsp3) is 0.692. The molecule has 0 saturated heterocycles. The average Bonchev–Trinajstić information content (AvgIpc) is 3.22. The first-order valence-electron chi connectivity index (χ1n) is 6.79. The van der Waals surface area contributed by atoms with Gasteiger partial charge in [0.1, 0.15) is 17.5 Å². The number of nitrogens with two attached hydrogens (primary N) is 1. The zero-order chi connectivity index (χ0) is 13.7. The van der Waals surface area contributed by atoms with Crippen molar-refractivity contribution in [3.63, 3.8) is 0 Å². The monoisotopic (exact) mass is 266 g/mol. The van der Waals surface area contributed by atoms with Gasteiger partial charge in [0.2, 0.25) is 0 Å². The van der Waals surface area contributed by atoms with Crippen molar-refractivity contribution < 1.29 is 9.84 Å². The lowest BCUT2D eigenvalue weighted by molar-refractivity contribution is 0.0922. The number of ether oxygens (including phenoxy) is 1. The van der Waals surface area contributed by atoms with Gasteiger partial charge in [-0.05, 0) is 26.2 Å². The van der Waals surface area contributed by atoms with Crippen molar-refractivity contribution in [3.05, 3.63) is 11.4 Å². The Hall–Kier alpha value is -1.40. The van der Waals surface area contributed by atoms with E-state index in [9.17, 15) is 0 Å². The molecular formula is C13H22N4O2. The quantitative estimate of drug-likeness (QED) is 0.609. The maximum Gasteiger partial charge on any atom is 0.136 e. The third-order valence-corrected chi connectivity index (χ3v) is 3.14. The molecule has 19 heavy (non-hydrogen) atoms. The summed E-state index contributed by atoms with van der Waals surface area (Å²) in [6.45, 7) is 3.79. The van der Waals surface area contributed by atoms with Gasteiger partial charge in [0.15, 0.2) is 0 Å². The highest BCUT2D eigenvalue weighted by Crippen LogP contribution is 2.39. The van der Waals surface area contributed by atoms with E-state index in [2.05, 4.69) is 15.3 Å². The predicted octanol–water partition coefficient (Wildman–Crippen LogP) is 1.06. The summed E-state index contributed by atoms with van der Waals surface area (Å²) in [5.41, 5.74) is 6.82. The van der Waals surface area contributed by atoms with E-state index < -0.39 is 0 Å². The van der Waals surface area contributed by atoms with Crippen LogP contribution in [0.5, 0.6) is 0 Å². The maximum absolute atomic E-state index is 8.58. The van der Waals surface area contributed by atoms with Gasteiger partial charge in [-0.3, -0.25) is 0 Å². The first-order valence-corrected chi connectivity index (χ1v) is 6.79. The minimum atomic E-state index is 0.0692. The number of nitrogens with zero attached hydrogens (tertiary/aromatic N) is 2. The Bertz CT molecular complexity index is 421. The molecule has 2 rings (SSSR count). The summed E-state index contributed by atoms with van der Waals surface area (Å²) in [6, 6.07) is 0. The van der Waals surface area contributed by atoms with E-state index in [4.69, 9.17) is 15.6 Å². The lowest BCUT2D eigenvalue weighted by Crippen LogP contribution is -2.12. The Kier molecular flexibility index (Phi) is 4.93. The van der Waals surface area contributed by atoms with Crippen LogP contribution >= 0.6 is 0 Å². The molecule has 1 fully saturated rings. The number of hydrogen-bond donors (Lipinski definition) is 3. The predicted molar refractivity (Wildman–Crippen MR) is 74.2 cm³/mol. The van der Waals surface area contributed by atoms with Crippen molar-refractivity contribution in [3.8, 4) is 0 Å². The zero-order valence-corrected chi connectivity index (χ0v) is 11.4. The first kappa shape index (κ1) is 14.0. The molecule has 1 aromatic rings. The van der Waals surface area contributed by atoms with E-state index >= 15 is 0 Å². The number of aliphatic hydroxyl groups is 1. The molecule has 1 aliphatic rings. The second-order valence-corrected chi connectivity index (χ2v) is 4.83. The third-order valence-electron chi connectivity index (χ3n) is 3.14. The summed E-state index contributed by atoms with van der Waals surface area (Å²) in [5, 5.41) is 11.9. The standard InChI is InChI=1S/C13H22N4O2/c1-9-11(14)16-13(10-3-4-10)17-12(9)15-5-2-7-19-8-6-18/h10,18H,2-8H2,1H3,(H3,14,15,16,17). The van der Waals surface area contributed by atoms with Gasteiger partial charge in [-0.1, -0.05) is 0 Å². The van der Waals surface area contributed by atoms with Gasteiger partial charge < -0.3 is 20.9 Å². The number of aromatic nitrogens is 2. The van der Waals surface area contributed by atoms with E-state index in [-0.39, 0.29) is 6.61 Å². The normalized spacial score (nSPS) is 14.6. The molecule has 0 atom stereocenters. The summed E-state index contributed by atoms with van der Waals surface area (Å²) in [6.07, 6.45) is 3.19. The van der Waals surface area contributed by atoms with Gasteiger partial charge >= 0.3 is 0 Å². The van der Waals surface area contributed by atoms with Crippen LogP contribution in [0.3, 0.4) is 0 Å². The van der Waals surface area contributed by atoms with E-state index in [0.717, 1.165) is 43.0 Å². The summed E-state index contributed by atoms with van der Waals surface area (Å²) in [5.74, 6) is 2.76. The van der Waals surface area contributed by atoms with Crippen molar-refractivity contribution in [2.75, 3.05) is 37.4 Å². The third kappa shape index (κ3) is 4.04. The Balaban J connectivity index is 1.84. The molecule has 0 unspecified atom stereocenters. The van der Waals surface area contributed by atoms with Crippen LogP contribution in [-0.2, 0) is 4.74 Å². The zero-order valence-electron chi connectivity index (χ0n) is 11.4. The lowest BCUT2D eigenvalue weighted by Gasteiger charge is -2.11. The number of anilines is 2. The number of rotatable bonds is 8. The highest BCUT2D eigenvalue weighted by molar-refractivity contribution is 5.55. The summed E-state index contributed by atoms with van der Waals surface area (Å²) in [7, 11) is 0. The van der Waals surface area contributed by atoms with Gasteiger partial charge in [0.05, 0.1) is 13.2 Å². The molecule has 1 aromatic heterocycles. The van der Waals surface area contributed by atoms with Gasteiger partial charge in [0, 0.05) is 24.6 Å². The number of aliphatic hydroxyl groups excluding tert-OH is 1. The molecule has 6 heteroatoms. The molecule has 0 bridgehead atoms. The van der Waals surface area contributed by atoms with Gasteiger partial charge in [-0.2, -0.15) is 0 Å². The number of nitrogens with one attached hydrogen (secondary N) is 1. The van der Waals surface area contributed by atoms with Crippen molar-refractivity contribution in [2.45, 2.75) is 32.1 Å². The second kappa shape index (κ2) is 6.68. The number of hydrogen-bond acceptors (Lipinski definition) is 6. The van der Waals surface area contributed by atoms with E-state index in [1.807, 2.05) is 6.92 Å². The molecular weight excluding hydrogens is 244 g/mol. The highest BCUT2D eigenvalue weighted by Gasteiger charge is 2.27. The van der Waals surface area contributed by atoms with Crippen LogP contribution in [0.4, 0.5) is 11.6 Å². The van der Waals surface area contributed by atoms with Crippen molar-refractivity contribution in [1.82, 2.24) is 9.97 Å². The molecule has 0 aliphatic heterocycles. The summed E-state index contributed by atoms with van der Waals surface area (Å²) in [4.78, 5) is 8.88. The first-order chi connectivity index (χ1) is 9.22. The molecule has 4 N–H and O–H groups in total. The van der Waals surface area contributed by atoms with Gasteiger partial charge in [0.25, 0.3) is 0 Å². The fourth-order valence-corrected chi connectivity index (χ4v) is 1.80. The maximum atomic E-state index is 8.58. The van der Waals surface area contributed by atoms with Crippen LogP contribution in [0, 0.1) is 6.92 Å².